The Morgan fingerprint density at radius 1 is 1.13 bits per heavy atom. The predicted molar refractivity (Wildman–Crippen MR) is 116 cm³/mol. The first-order valence-electron chi connectivity index (χ1n) is 10.0. The summed E-state index contributed by atoms with van der Waals surface area (Å²) < 4.78 is 1.37. The number of nitrogens with one attached hydrogen (secondary N) is 2. The largest absolute Gasteiger partial charge is 0.349 e. The number of fused-ring (bicyclic) bond motifs is 2. The number of aromatic nitrogens is 4. The molecule has 7 nitrogen and oxygen atoms in total. The van der Waals surface area contributed by atoms with Crippen LogP contribution in [0.3, 0.4) is 0 Å². The van der Waals surface area contributed by atoms with Crippen LogP contribution < -0.4 is 16.4 Å². The minimum absolute atomic E-state index is 0.0939. The lowest BCUT2D eigenvalue weighted by Gasteiger charge is -2.17. The van der Waals surface area contributed by atoms with Gasteiger partial charge in [-0.05, 0) is 37.0 Å². The Morgan fingerprint density at radius 2 is 1.93 bits per heavy atom. The molecule has 0 aliphatic heterocycles. The van der Waals surface area contributed by atoms with E-state index in [2.05, 4.69) is 32.5 Å². The van der Waals surface area contributed by atoms with Crippen molar-refractivity contribution in [2.24, 2.45) is 0 Å². The zero-order chi connectivity index (χ0) is 20.7. The molecule has 0 saturated heterocycles. The van der Waals surface area contributed by atoms with Gasteiger partial charge in [0.15, 0.2) is 0 Å². The van der Waals surface area contributed by atoms with E-state index < -0.39 is 6.04 Å². The third-order valence-electron chi connectivity index (χ3n) is 5.72. The smallest absolute Gasteiger partial charge is 0.275 e. The van der Waals surface area contributed by atoms with Crippen molar-refractivity contribution in [3.8, 4) is 0 Å². The van der Waals surface area contributed by atoms with Crippen LogP contribution in [0, 0.1) is 0 Å². The molecule has 0 amide bonds. The van der Waals surface area contributed by atoms with E-state index in [4.69, 9.17) is 0 Å². The quantitative estimate of drug-likeness (QED) is 0.550. The number of hydrogen-bond donors (Lipinski definition) is 2. The van der Waals surface area contributed by atoms with E-state index >= 15 is 0 Å². The molecule has 4 aromatic rings. The molecular formula is C23H21N5O2. The van der Waals surface area contributed by atoms with Gasteiger partial charge in [-0.15, -0.1) is 0 Å². The van der Waals surface area contributed by atoms with Crippen molar-refractivity contribution in [2.45, 2.75) is 31.8 Å². The average Bonchev–Trinajstić information content (AvgIpc) is 3.16. The SMILES string of the molecule is CC(c1cc(=O)[nH]c(NC2CCc3ccccc32)n1)n1ncc2ccccc2c1=O. The molecule has 0 saturated carbocycles. The Morgan fingerprint density at radius 3 is 2.83 bits per heavy atom. The maximum absolute atomic E-state index is 12.9. The Labute approximate surface area is 172 Å². The molecule has 2 aromatic carbocycles. The number of nitrogens with zero attached hydrogens (tertiary/aromatic N) is 3. The molecule has 0 radical (unpaired) electrons. The number of hydrogen-bond acceptors (Lipinski definition) is 5. The Balaban J connectivity index is 1.49. The van der Waals surface area contributed by atoms with Gasteiger partial charge in [0.1, 0.15) is 0 Å². The summed E-state index contributed by atoms with van der Waals surface area (Å²) in [7, 11) is 0. The maximum atomic E-state index is 12.9. The minimum atomic E-state index is -0.485. The highest BCUT2D eigenvalue weighted by molar-refractivity contribution is 5.80. The van der Waals surface area contributed by atoms with Crippen molar-refractivity contribution < 1.29 is 0 Å². The van der Waals surface area contributed by atoms with E-state index in [1.165, 1.54) is 21.9 Å². The second-order valence-corrected chi connectivity index (χ2v) is 7.61. The van der Waals surface area contributed by atoms with Gasteiger partial charge >= 0.3 is 0 Å². The van der Waals surface area contributed by atoms with E-state index in [0.29, 0.717) is 17.0 Å². The summed E-state index contributed by atoms with van der Waals surface area (Å²) in [5.41, 5.74) is 2.55. The lowest BCUT2D eigenvalue weighted by atomic mass is 10.1. The molecule has 1 aliphatic rings. The Kier molecular flexibility index (Phi) is 4.43. The molecule has 0 bridgehead atoms. The van der Waals surface area contributed by atoms with Gasteiger partial charge in [-0.25, -0.2) is 9.67 Å². The van der Waals surface area contributed by atoms with Gasteiger partial charge in [0.25, 0.3) is 11.1 Å². The van der Waals surface area contributed by atoms with Crippen molar-refractivity contribution in [3.63, 3.8) is 0 Å². The molecule has 5 rings (SSSR count). The molecular weight excluding hydrogens is 378 g/mol. The summed E-state index contributed by atoms with van der Waals surface area (Å²) in [5, 5.41) is 9.03. The highest BCUT2D eigenvalue weighted by atomic mass is 16.1. The molecule has 7 heteroatoms. The monoisotopic (exact) mass is 399 g/mol. The van der Waals surface area contributed by atoms with Crippen LogP contribution in [0.2, 0.25) is 0 Å². The van der Waals surface area contributed by atoms with Crippen LogP contribution in [0.15, 0.2) is 70.4 Å². The summed E-state index contributed by atoms with van der Waals surface area (Å²) in [6.07, 6.45) is 3.59. The standard InChI is InChI=1S/C23H21N5O2/c1-14(28-22(30)18-9-5-3-7-16(18)13-24-28)20-12-21(29)27-23(26-20)25-19-11-10-15-6-2-4-8-17(15)19/h2-9,12-14,19H,10-11H2,1H3,(H2,25,26,27,29). The van der Waals surface area contributed by atoms with Gasteiger partial charge in [-0.3, -0.25) is 14.6 Å². The fraction of sp³-hybridized carbons (Fsp3) is 0.217. The third kappa shape index (κ3) is 3.18. The number of rotatable bonds is 4. The van der Waals surface area contributed by atoms with Crippen molar-refractivity contribution in [3.05, 3.63) is 98.3 Å². The molecule has 2 heterocycles. The predicted octanol–water partition coefficient (Wildman–Crippen LogP) is 3.19. The zero-order valence-electron chi connectivity index (χ0n) is 16.5. The maximum Gasteiger partial charge on any atom is 0.275 e. The zero-order valence-corrected chi connectivity index (χ0v) is 16.5. The lowest BCUT2D eigenvalue weighted by Crippen LogP contribution is -2.28. The Hall–Kier alpha value is -3.74. The van der Waals surface area contributed by atoms with Gasteiger partial charge in [0.05, 0.1) is 29.4 Å². The number of benzene rings is 2. The van der Waals surface area contributed by atoms with Crippen LogP contribution in [0.4, 0.5) is 5.95 Å². The number of aryl methyl sites for hydroxylation is 1. The molecule has 1 aliphatic carbocycles. The molecule has 150 valence electrons. The normalized spacial score (nSPS) is 16.4. The molecule has 2 aromatic heterocycles. The minimum Gasteiger partial charge on any atom is -0.349 e. The van der Waals surface area contributed by atoms with Crippen molar-refractivity contribution in [1.82, 2.24) is 19.7 Å². The lowest BCUT2D eigenvalue weighted by molar-refractivity contribution is 0.524. The summed E-state index contributed by atoms with van der Waals surface area (Å²) >= 11 is 0. The fourth-order valence-electron chi connectivity index (χ4n) is 4.14. The highest BCUT2D eigenvalue weighted by Crippen LogP contribution is 2.32. The van der Waals surface area contributed by atoms with E-state index in [9.17, 15) is 9.59 Å². The average molecular weight is 399 g/mol. The van der Waals surface area contributed by atoms with Gasteiger partial charge < -0.3 is 5.32 Å². The third-order valence-corrected chi connectivity index (χ3v) is 5.72. The fourth-order valence-corrected chi connectivity index (χ4v) is 4.14. The van der Waals surface area contributed by atoms with Crippen LogP contribution in [-0.4, -0.2) is 19.7 Å². The number of aromatic amines is 1. The summed E-state index contributed by atoms with van der Waals surface area (Å²) in [4.78, 5) is 32.6. The van der Waals surface area contributed by atoms with Gasteiger partial charge in [-0.1, -0.05) is 42.5 Å². The molecule has 0 fully saturated rings. The molecule has 2 N–H and O–H groups in total. The summed E-state index contributed by atoms with van der Waals surface area (Å²) in [6.45, 7) is 1.82. The molecule has 0 spiro atoms. The van der Waals surface area contributed by atoms with Crippen molar-refractivity contribution in [1.29, 1.82) is 0 Å². The van der Waals surface area contributed by atoms with Crippen molar-refractivity contribution >= 4 is 16.7 Å². The first kappa shape index (κ1) is 18.3. The molecule has 2 unspecified atom stereocenters. The van der Waals surface area contributed by atoms with E-state index in [1.807, 2.05) is 37.3 Å². The van der Waals surface area contributed by atoms with Crippen LogP contribution >= 0.6 is 0 Å². The number of H-pyrrole nitrogens is 1. The molecule has 2 atom stereocenters. The van der Waals surface area contributed by atoms with E-state index in [0.717, 1.165) is 18.2 Å². The van der Waals surface area contributed by atoms with Crippen LogP contribution in [0.25, 0.3) is 10.8 Å². The molecule has 30 heavy (non-hydrogen) atoms. The van der Waals surface area contributed by atoms with Crippen LogP contribution in [0.1, 0.15) is 42.2 Å². The van der Waals surface area contributed by atoms with Gasteiger partial charge in [0, 0.05) is 11.5 Å². The topological polar surface area (TPSA) is 92.7 Å². The summed E-state index contributed by atoms with van der Waals surface area (Å²) in [6, 6.07) is 16.6. The second kappa shape index (κ2) is 7.26. The van der Waals surface area contributed by atoms with Gasteiger partial charge in [0.2, 0.25) is 5.95 Å². The highest BCUT2D eigenvalue weighted by Gasteiger charge is 2.23. The van der Waals surface area contributed by atoms with E-state index in [1.54, 1.807) is 12.3 Å². The second-order valence-electron chi connectivity index (χ2n) is 7.61. The first-order valence-corrected chi connectivity index (χ1v) is 10.0. The van der Waals surface area contributed by atoms with Crippen LogP contribution in [-0.2, 0) is 6.42 Å². The van der Waals surface area contributed by atoms with Gasteiger partial charge in [-0.2, -0.15) is 5.10 Å². The number of anilines is 1. The van der Waals surface area contributed by atoms with E-state index in [-0.39, 0.29) is 17.2 Å². The Bertz CT molecular complexity index is 1360. The first-order chi connectivity index (χ1) is 14.6. The summed E-state index contributed by atoms with van der Waals surface area (Å²) in [5.74, 6) is 0.403. The van der Waals surface area contributed by atoms with Crippen LogP contribution in [0.5, 0.6) is 0 Å². The van der Waals surface area contributed by atoms with Crippen molar-refractivity contribution in [2.75, 3.05) is 5.32 Å².